The minimum absolute atomic E-state index is 0.813. The van der Waals surface area contributed by atoms with Crippen molar-refractivity contribution >= 4 is 44.4 Å². The first-order chi connectivity index (χ1) is 8.61. The van der Waals surface area contributed by atoms with E-state index < -0.39 is 0 Å². The zero-order chi connectivity index (χ0) is 12.7. The molecule has 7 heteroatoms. The SMILES string of the molecule is Cc1cn2nc(N(C)Cc3ccc(Cl)s3)sc2n1. The summed E-state index contributed by atoms with van der Waals surface area (Å²) in [5.74, 6) is 0. The molecule has 0 aliphatic heterocycles. The van der Waals surface area contributed by atoms with E-state index in [-0.39, 0.29) is 0 Å². The van der Waals surface area contributed by atoms with Crippen LogP contribution < -0.4 is 4.90 Å². The van der Waals surface area contributed by atoms with Crippen LogP contribution in [0.5, 0.6) is 0 Å². The minimum Gasteiger partial charge on any atom is -0.345 e. The molecule has 0 saturated carbocycles. The van der Waals surface area contributed by atoms with Crippen LogP contribution >= 0.6 is 34.3 Å². The normalized spacial score (nSPS) is 11.3. The van der Waals surface area contributed by atoms with E-state index in [0.717, 1.165) is 26.7 Å². The van der Waals surface area contributed by atoms with Crippen molar-refractivity contribution in [2.75, 3.05) is 11.9 Å². The third-order valence-corrected chi connectivity index (χ3v) is 4.75. The van der Waals surface area contributed by atoms with E-state index in [2.05, 4.69) is 15.0 Å². The molecule has 0 unspecified atom stereocenters. The molecule has 0 fully saturated rings. The van der Waals surface area contributed by atoms with E-state index in [9.17, 15) is 0 Å². The average molecular weight is 299 g/mol. The number of hydrogen-bond acceptors (Lipinski definition) is 5. The lowest BCUT2D eigenvalue weighted by Gasteiger charge is -2.13. The molecule has 0 aliphatic carbocycles. The van der Waals surface area contributed by atoms with Gasteiger partial charge in [0.1, 0.15) is 0 Å². The summed E-state index contributed by atoms with van der Waals surface area (Å²) in [5.41, 5.74) is 0.994. The molecule has 3 aromatic rings. The number of rotatable bonds is 3. The molecule has 3 rings (SSSR count). The maximum Gasteiger partial charge on any atom is 0.214 e. The molecule has 0 aliphatic rings. The molecule has 0 amide bonds. The van der Waals surface area contributed by atoms with Crippen molar-refractivity contribution in [1.82, 2.24) is 14.6 Å². The molecule has 94 valence electrons. The first-order valence-electron chi connectivity index (χ1n) is 5.40. The highest BCUT2D eigenvalue weighted by atomic mass is 35.5. The van der Waals surface area contributed by atoms with Gasteiger partial charge in [0.2, 0.25) is 10.1 Å². The molecule has 0 N–H and O–H groups in total. The van der Waals surface area contributed by atoms with E-state index in [0.29, 0.717) is 0 Å². The number of halogens is 1. The third-order valence-electron chi connectivity index (χ3n) is 2.50. The van der Waals surface area contributed by atoms with Crippen molar-refractivity contribution in [1.29, 1.82) is 0 Å². The Labute approximate surface area is 117 Å². The van der Waals surface area contributed by atoms with E-state index in [1.165, 1.54) is 4.88 Å². The number of nitrogens with zero attached hydrogens (tertiary/aromatic N) is 4. The first-order valence-corrected chi connectivity index (χ1v) is 7.41. The van der Waals surface area contributed by atoms with Crippen LogP contribution in [-0.2, 0) is 6.54 Å². The molecule has 0 atom stereocenters. The summed E-state index contributed by atoms with van der Waals surface area (Å²) in [4.78, 5) is 8.67. The van der Waals surface area contributed by atoms with Gasteiger partial charge in [0.25, 0.3) is 0 Å². The number of imidazole rings is 1. The smallest absolute Gasteiger partial charge is 0.214 e. The molecular weight excluding hydrogens is 288 g/mol. The Morgan fingerprint density at radius 1 is 1.39 bits per heavy atom. The second kappa shape index (κ2) is 4.53. The van der Waals surface area contributed by atoms with Gasteiger partial charge in [0.15, 0.2) is 0 Å². The van der Waals surface area contributed by atoms with Gasteiger partial charge >= 0.3 is 0 Å². The topological polar surface area (TPSA) is 33.4 Å². The number of anilines is 1. The monoisotopic (exact) mass is 298 g/mol. The fourth-order valence-corrected chi connectivity index (χ4v) is 3.72. The van der Waals surface area contributed by atoms with Gasteiger partial charge in [-0.1, -0.05) is 22.9 Å². The largest absolute Gasteiger partial charge is 0.345 e. The number of fused-ring (bicyclic) bond motifs is 1. The van der Waals surface area contributed by atoms with E-state index in [1.54, 1.807) is 22.7 Å². The zero-order valence-corrected chi connectivity index (χ0v) is 12.3. The maximum absolute atomic E-state index is 5.93. The summed E-state index contributed by atoms with van der Waals surface area (Å²) in [5, 5.41) is 5.47. The van der Waals surface area contributed by atoms with E-state index in [1.807, 2.05) is 36.8 Å². The highest BCUT2D eigenvalue weighted by Crippen LogP contribution is 2.27. The summed E-state index contributed by atoms with van der Waals surface area (Å²) in [7, 11) is 2.03. The minimum atomic E-state index is 0.813. The Morgan fingerprint density at radius 3 is 2.89 bits per heavy atom. The van der Waals surface area contributed by atoms with Gasteiger partial charge < -0.3 is 4.90 Å². The van der Waals surface area contributed by atoms with Gasteiger partial charge in [-0.3, -0.25) is 0 Å². The van der Waals surface area contributed by atoms with Gasteiger partial charge in [0, 0.05) is 11.9 Å². The fraction of sp³-hybridized carbons (Fsp3) is 0.273. The summed E-state index contributed by atoms with van der Waals surface area (Å²) in [6, 6.07) is 3.97. The fourth-order valence-electron chi connectivity index (χ4n) is 1.69. The van der Waals surface area contributed by atoms with Gasteiger partial charge in [-0.25, -0.2) is 9.50 Å². The van der Waals surface area contributed by atoms with Crippen LogP contribution in [0, 0.1) is 6.92 Å². The molecule has 3 heterocycles. The molecule has 0 aromatic carbocycles. The van der Waals surface area contributed by atoms with Crippen molar-refractivity contribution in [2.24, 2.45) is 0 Å². The number of thiophene rings is 1. The van der Waals surface area contributed by atoms with Crippen molar-refractivity contribution in [3.63, 3.8) is 0 Å². The van der Waals surface area contributed by atoms with Crippen LogP contribution in [0.1, 0.15) is 10.6 Å². The van der Waals surface area contributed by atoms with Crippen molar-refractivity contribution in [2.45, 2.75) is 13.5 Å². The molecule has 0 saturated heterocycles. The summed E-state index contributed by atoms with van der Waals surface area (Å²) in [6.07, 6.45) is 1.94. The van der Waals surface area contributed by atoms with Crippen molar-refractivity contribution in [3.8, 4) is 0 Å². The second-order valence-corrected chi connectivity index (χ2v) is 6.79. The predicted octanol–water partition coefficient (Wildman–Crippen LogP) is 3.45. The van der Waals surface area contributed by atoms with Crippen LogP contribution in [0.15, 0.2) is 18.3 Å². The summed E-state index contributed by atoms with van der Waals surface area (Å²) in [6.45, 7) is 2.78. The maximum atomic E-state index is 5.93. The van der Waals surface area contributed by atoms with Crippen molar-refractivity contribution < 1.29 is 0 Å². The van der Waals surface area contributed by atoms with Crippen LogP contribution in [0.2, 0.25) is 4.34 Å². The number of hydrogen-bond donors (Lipinski definition) is 0. The summed E-state index contributed by atoms with van der Waals surface area (Å²) >= 11 is 9.12. The lowest BCUT2D eigenvalue weighted by atomic mass is 10.4. The van der Waals surface area contributed by atoms with Gasteiger partial charge in [-0.05, 0) is 19.1 Å². The Kier molecular flexibility index (Phi) is 3.01. The van der Waals surface area contributed by atoms with Gasteiger partial charge in [-0.2, -0.15) is 0 Å². The molecule has 0 bridgehead atoms. The Morgan fingerprint density at radius 2 is 2.22 bits per heavy atom. The lowest BCUT2D eigenvalue weighted by molar-refractivity contribution is 0.878. The quantitative estimate of drug-likeness (QED) is 0.742. The number of aromatic nitrogens is 3. The Hall–Kier alpha value is -1.11. The molecule has 3 aromatic heterocycles. The lowest BCUT2D eigenvalue weighted by Crippen LogP contribution is -2.15. The third kappa shape index (κ3) is 2.23. The molecular formula is C11H11ClN4S2. The van der Waals surface area contributed by atoms with Crippen LogP contribution in [0.4, 0.5) is 5.13 Å². The zero-order valence-electron chi connectivity index (χ0n) is 9.92. The van der Waals surface area contributed by atoms with Crippen LogP contribution in [0.3, 0.4) is 0 Å². The van der Waals surface area contributed by atoms with Crippen molar-refractivity contribution in [3.05, 3.63) is 33.2 Å². The van der Waals surface area contributed by atoms with Crippen LogP contribution in [-0.4, -0.2) is 21.6 Å². The Balaban J connectivity index is 1.82. The molecule has 4 nitrogen and oxygen atoms in total. The van der Waals surface area contributed by atoms with Gasteiger partial charge in [0.05, 0.1) is 22.8 Å². The molecule has 0 spiro atoms. The predicted molar refractivity (Wildman–Crippen MR) is 77.0 cm³/mol. The highest BCUT2D eigenvalue weighted by molar-refractivity contribution is 7.20. The number of aryl methyl sites for hydroxylation is 1. The van der Waals surface area contributed by atoms with Crippen LogP contribution in [0.25, 0.3) is 4.96 Å². The summed E-state index contributed by atoms with van der Waals surface area (Å²) < 4.78 is 2.65. The standard InChI is InChI=1S/C11H11ClN4S2/c1-7-5-16-10(13-7)18-11(14-16)15(2)6-8-3-4-9(12)17-8/h3-5H,6H2,1-2H3. The second-order valence-electron chi connectivity index (χ2n) is 4.06. The first kappa shape index (κ1) is 12.0. The molecule has 0 radical (unpaired) electrons. The van der Waals surface area contributed by atoms with E-state index >= 15 is 0 Å². The Bertz CT molecular complexity index is 653. The highest BCUT2D eigenvalue weighted by Gasteiger charge is 2.11. The van der Waals surface area contributed by atoms with E-state index in [4.69, 9.17) is 11.6 Å². The van der Waals surface area contributed by atoms with Gasteiger partial charge in [-0.15, -0.1) is 16.4 Å². The molecule has 18 heavy (non-hydrogen) atoms. The average Bonchev–Trinajstić information content (AvgIpc) is 2.92.